The lowest BCUT2D eigenvalue weighted by Crippen LogP contribution is -2.17. The maximum absolute atomic E-state index is 11.1. The van der Waals surface area contributed by atoms with Crippen molar-refractivity contribution in [3.05, 3.63) is 17.0 Å². The standard InChI is InChI=1S/C11H16N2O2/c1-3-13-7(2)10-8(11(14)15)5-4-6-9(10)12-13/h8H,3-6H2,1-2H3,(H,14,15). The first-order valence-corrected chi connectivity index (χ1v) is 5.44. The Morgan fingerprint density at radius 2 is 2.40 bits per heavy atom. The lowest BCUT2D eigenvalue weighted by atomic mass is 9.85. The fourth-order valence-electron chi connectivity index (χ4n) is 2.43. The molecular weight excluding hydrogens is 192 g/mol. The van der Waals surface area contributed by atoms with Gasteiger partial charge in [-0.25, -0.2) is 0 Å². The molecule has 1 aliphatic carbocycles. The largest absolute Gasteiger partial charge is 0.481 e. The molecule has 2 rings (SSSR count). The van der Waals surface area contributed by atoms with E-state index in [0.29, 0.717) is 0 Å². The van der Waals surface area contributed by atoms with Crippen LogP contribution in [0.2, 0.25) is 0 Å². The average molecular weight is 208 g/mol. The number of carboxylic acid groups (broad SMARTS) is 1. The summed E-state index contributed by atoms with van der Waals surface area (Å²) >= 11 is 0. The smallest absolute Gasteiger partial charge is 0.311 e. The van der Waals surface area contributed by atoms with Crippen molar-refractivity contribution in [2.24, 2.45) is 0 Å². The van der Waals surface area contributed by atoms with Crippen molar-refractivity contribution < 1.29 is 9.90 Å². The second-order valence-corrected chi connectivity index (χ2v) is 4.04. The number of aryl methyl sites for hydroxylation is 2. The molecule has 0 aromatic carbocycles. The molecule has 15 heavy (non-hydrogen) atoms. The van der Waals surface area contributed by atoms with E-state index in [1.807, 2.05) is 18.5 Å². The van der Waals surface area contributed by atoms with E-state index in [4.69, 9.17) is 5.11 Å². The van der Waals surface area contributed by atoms with Gasteiger partial charge < -0.3 is 5.11 Å². The number of rotatable bonds is 2. The van der Waals surface area contributed by atoms with Crippen LogP contribution in [0.15, 0.2) is 0 Å². The van der Waals surface area contributed by atoms with Crippen molar-refractivity contribution in [2.75, 3.05) is 0 Å². The second-order valence-electron chi connectivity index (χ2n) is 4.04. The third-order valence-electron chi connectivity index (χ3n) is 3.18. The van der Waals surface area contributed by atoms with Crippen molar-refractivity contribution in [1.82, 2.24) is 9.78 Å². The first kappa shape index (κ1) is 10.2. The molecule has 1 unspecified atom stereocenters. The highest BCUT2D eigenvalue weighted by molar-refractivity contribution is 5.77. The molecule has 1 atom stereocenters. The highest BCUT2D eigenvalue weighted by atomic mass is 16.4. The Morgan fingerprint density at radius 1 is 1.67 bits per heavy atom. The van der Waals surface area contributed by atoms with Gasteiger partial charge in [-0.15, -0.1) is 0 Å². The first-order chi connectivity index (χ1) is 7.15. The third-order valence-corrected chi connectivity index (χ3v) is 3.18. The Morgan fingerprint density at radius 3 is 3.00 bits per heavy atom. The molecule has 0 fully saturated rings. The van der Waals surface area contributed by atoms with Gasteiger partial charge in [-0.2, -0.15) is 5.10 Å². The van der Waals surface area contributed by atoms with Crippen LogP contribution in [0.4, 0.5) is 0 Å². The van der Waals surface area contributed by atoms with Gasteiger partial charge in [0.1, 0.15) is 0 Å². The fraction of sp³-hybridized carbons (Fsp3) is 0.636. The van der Waals surface area contributed by atoms with Crippen molar-refractivity contribution in [1.29, 1.82) is 0 Å². The molecule has 0 aliphatic heterocycles. The Hall–Kier alpha value is -1.32. The zero-order valence-electron chi connectivity index (χ0n) is 9.16. The molecule has 1 aromatic heterocycles. The number of carboxylic acids is 1. The molecule has 4 heteroatoms. The molecule has 1 heterocycles. The van der Waals surface area contributed by atoms with E-state index in [9.17, 15) is 4.79 Å². The van der Waals surface area contributed by atoms with Crippen molar-refractivity contribution >= 4 is 5.97 Å². The van der Waals surface area contributed by atoms with Gasteiger partial charge >= 0.3 is 5.97 Å². The van der Waals surface area contributed by atoms with E-state index in [-0.39, 0.29) is 5.92 Å². The van der Waals surface area contributed by atoms with E-state index in [0.717, 1.165) is 42.8 Å². The summed E-state index contributed by atoms with van der Waals surface area (Å²) in [5.41, 5.74) is 2.99. The highest BCUT2D eigenvalue weighted by Gasteiger charge is 2.30. The van der Waals surface area contributed by atoms with E-state index in [1.54, 1.807) is 0 Å². The van der Waals surface area contributed by atoms with Gasteiger partial charge in [0.05, 0.1) is 11.6 Å². The topological polar surface area (TPSA) is 55.1 Å². The average Bonchev–Trinajstić information content (AvgIpc) is 2.55. The molecule has 0 saturated heterocycles. The second kappa shape index (κ2) is 3.68. The number of hydrogen-bond donors (Lipinski definition) is 1. The molecule has 1 aliphatic rings. The predicted molar refractivity (Wildman–Crippen MR) is 56.0 cm³/mol. The van der Waals surface area contributed by atoms with Gasteiger partial charge in [0.15, 0.2) is 0 Å². The van der Waals surface area contributed by atoms with Gasteiger partial charge in [-0.1, -0.05) is 0 Å². The summed E-state index contributed by atoms with van der Waals surface area (Å²) in [4.78, 5) is 11.1. The van der Waals surface area contributed by atoms with Crippen LogP contribution in [-0.2, 0) is 17.8 Å². The molecule has 0 spiro atoms. The summed E-state index contributed by atoms with van der Waals surface area (Å²) in [6, 6.07) is 0. The zero-order valence-corrected chi connectivity index (χ0v) is 9.16. The molecule has 0 amide bonds. The maximum atomic E-state index is 11.1. The van der Waals surface area contributed by atoms with Crippen molar-refractivity contribution in [2.45, 2.75) is 45.6 Å². The molecule has 0 saturated carbocycles. The predicted octanol–water partition coefficient (Wildman–Crippen LogP) is 1.72. The molecule has 82 valence electrons. The number of nitrogens with zero attached hydrogens (tertiary/aromatic N) is 2. The van der Waals surface area contributed by atoms with E-state index in [2.05, 4.69) is 5.10 Å². The van der Waals surface area contributed by atoms with Crippen LogP contribution in [0.5, 0.6) is 0 Å². The minimum absolute atomic E-state index is 0.339. The number of aliphatic carboxylic acids is 1. The minimum atomic E-state index is -0.713. The van der Waals surface area contributed by atoms with Crippen LogP contribution in [0.25, 0.3) is 0 Å². The van der Waals surface area contributed by atoms with Crippen LogP contribution < -0.4 is 0 Å². The molecule has 0 radical (unpaired) electrons. The highest BCUT2D eigenvalue weighted by Crippen LogP contribution is 2.33. The van der Waals surface area contributed by atoms with Gasteiger partial charge in [0.2, 0.25) is 0 Å². The quantitative estimate of drug-likeness (QED) is 0.805. The van der Waals surface area contributed by atoms with Crippen LogP contribution in [0.3, 0.4) is 0 Å². The number of carbonyl (C=O) groups is 1. The summed E-state index contributed by atoms with van der Waals surface area (Å²) in [6.45, 7) is 4.81. The molecule has 0 bridgehead atoms. The van der Waals surface area contributed by atoms with E-state index >= 15 is 0 Å². The minimum Gasteiger partial charge on any atom is -0.481 e. The number of hydrogen-bond acceptors (Lipinski definition) is 2. The van der Waals surface area contributed by atoms with Gasteiger partial charge in [0, 0.05) is 17.8 Å². The molecule has 4 nitrogen and oxygen atoms in total. The normalized spacial score (nSPS) is 20.0. The van der Waals surface area contributed by atoms with Crippen molar-refractivity contribution in [3.8, 4) is 0 Å². The molecule has 1 N–H and O–H groups in total. The van der Waals surface area contributed by atoms with E-state index < -0.39 is 5.97 Å². The fourth-order valence-corrected chi connectivity index (χ4v) is 2.43. The van der Waals surface area contributed by atoms with Crippen LogP contribution >= 0.6 is 0 Å². The summed E-state index contributed by atoms with van der Waals surface area (Å²) in [7, 11) is 0. The SMILES string of the molecule is CCn1nc2c(c1C)C(C(=O)O)CCC2. The van der Waals surface area contributed by atoms with Crippen LogP contribution in [-0.4, -0.2) is 20.9 Å². The molecular formula is C11H16N2O2. The third kappa shape index (κ3) is 1.54. The summed E-state index contributed by atoms with van der Waals surface area (Å²) < 4.78 is 1.91. The summed E-state index contributed by atoms with van der Waals surface area (Å²) in [5, 5.41) is 13.6. The number of aromatic nitrogens is 2. The van der Waals surface area contributed by atoms with Gasteiger partial charge in [0.25, 0.3) is 0 Å². The van der Waals surface area contributed by atoms with Gasteiger partial charge in [-0.05, 0) is 33.1 Å². The molecule has 1 aromatic rings. The summed E-state index contributed by atoms with van der Waals surface area (Å²) in [6.07, 6.45) is 2.61. The van der Waals surface area contributed by atoms with Crippen LogP contribution in [0.1, 0.15) is 42.6 Å². The zero-order chi connectivity index (χ0) is 11.0. The van der Waals surface area contributed by atoms with E-state index in [1.165, 1.54) is 0 Å². The Balaban J connectivity index is 2.50. The van der Waals surface area contributed by atoms with Crippen molar-refractivity contribution in [3.63, 3.8) is 0 Å². The lowest BCUT2D eigenvalue weighted by molar-refractivity contribution is -0.139. The monoisotopic (exact) mass is 208 g/mol. The maximum Gasteiger partial charge on any atom is 0.311 e. The Bertz CT molecular complexity index is 396. The Labute approximate surface area is 88.9 Å². The number of fused-ring (bicyclic) bond motifs is 1. The first-order valence-electron chi connectivity index (χ1n) is 5.44. The lowest BCUT2D eigenvalue weighted by Gasteiger charge is -2.18. The van der Waals surface area contributed by atoms with Crippen LogP contribution in [0, 0.1) is 6.92 Å². The Kier molecular flexibility index (Phi) is 2.50. The summed E-state index contributed by atoms with van der Waals surface area (Å²) in [5.74, 6) is -1.05. The van der Waals surface area contributed by atoms with Gasteiger partial charge in [-0.3, -0.25) is 9.48 Å².